The van der Waals surface area contributed by atoms with Crippen LogP contribution < -0.4 is 0 Å². The molecule has 90 valence electrons. The molecule has 1 aromatic carbocycles. The molecule has 4 nitrogen and oxygen atoms in total. The van der Waals surface area contributed by atoms with Crippen molar-refractivity contribution in [2.75, 3.05) is 5.88 Å². The molecule has 1 aromatic heterocycles. The van der Waals surface area contributed by atoms with Crippen LogP contribution in [0.3, 0.4) is 0 Å². The van der Waals surface area contributed by atoms with Crippen LogP contribution in [0.5, 0.6) is 0 Å². The van der Waals surface area contributed by atoms with Crippen molar-refractivity contribution < 1.29 is 0 Å². The molecule has 0 saturated carbocycles. The van der Waals surface area contributed by atoms with Crippen molar-refractivity contribution in [1.29, 1.82) is 0 Å². The zero-order valence-electron chi connectivity index (χ0n) is 9.97. The number of rotatable bonds is 4. The molecule has 1 atom stereocenters. The summed E-state index contributed by atoms with van der Waals surface area (Å²) in [7, 11) is 1.76. The van der Waals surface area contributed by atoms with Crippen LogP contribution in [-0.2, 0) is 13.5 Å². The van der Waals surface area contributed by atoms with Crippen molar-refractivity contribution >= 4 is 11.6 Å². The molecule has 2 rings (SSSR count). The van der Waals surface area contributed by atoms with Crippen molar-refractivity contribution in [2.24, 2.45) is 7.05 Å². The van der Waals surface area contributed by atoms with Gasteiger partial charge in [-0.1, -0.05) is 29.8 Å². The molecule has 17 heavy (non-hydrogen) atoms. The highest BCUT2D eigenvalue weighted by molar-refractivity contribution is 6.18. The van der Waals surface area contributed by atoms with Gasteiger partial charge >= 0.3 is 0 Å². The van der Waals surface area contributed by atoms with Gasteiger partial charge in [-0.05, 0) is 17.7 Å². The summed E-state index contributed by atoms with van der Waals surface area (Å²) in [6.07, 6.45) is 0.723. The largest absolute Gasteiger partial charge is 0.175 e. The third-order valence-electron chi connectivity index (χ3n) is 2.71. The van der Waals surface area contributed by atoms with E-state index in [0.717, 1.165) is 12.2 Å². The minimum absolute atomic E-state index is 0.237. The van der Waals surface area contributed by atoms with E-state index in [1.165, 1.54) is 15.9 Å². The second kappa shape index (κ2) is 5.27. The molecule has 0 fully saturated rings. The lowest BCUT2D eigenvalue weighted by atomic mass is 9.96. The Balaban J connectivity index is 2.13. The number of hydrogen-bond donors (Lipinski definition) is 0. The quantitative estimate of drug-likeness (QED) is 0.781. The van der Waals surface area contributed by atoms with Gasteiger partial charge in [0.1, 0.15) is 0 Å². The van der Waals surface area contributed by atoms with Crippen LogP contribution in [0, 0.1) is 6.92 Å². The van der Waals surface area contributed by atoms with Crippen LogP contribution >= 0.6 is 11.6 Å². The fourth-order valence-corrected chi connectivity index (χ4v) is 2.01. The lowest BCUT2D eigenvalue weighted by Crippen LogP contribution is -2.06. The predicted octanol–water partition coefficient (Wildman–Crippen LogP) is 2.08. The Bertz CT molecular complexity index is 478. The average molecular weight is 251 g/mol. The van der Waals surface area contributed by atoms with Crippen LogP contribution in [0.15, 0.2) is 24.3 Å². The fraction of sp³-hybridized carbons (Fsp3) is 0.417. The van der Waals surface area contributed by atoms with Crippen molar-refractivity contribution in [3.05, 3.63) is 41.2 Å². The second-order valence-electron chi connectivity index (χ2n) is 4.16. The van der Waals surface area contributed by atoms with Crippen molar-refractivity contribution in [2.45, 2.75) is 19.3 Å². The summed E-state index contributed by atoms with van der Waals surface area (Å²) < 4.78 is 0. The molecule has 0 aliphatic heterocycles. The molecular formula is C12H15ClN4. The highest BCUT2D eigenvalue weighted by atomic mass is 35.5. The Morgan fingerprint density at radius 1 is 1.29 bits per heavy atom. The molecule has 0 bridgehead atoms. The van der Waals surface area contributed by atoms with E-state index in [1.807, 2.05) is 0 Å². The summed E-state index contributed by atoms with van der Waals surface area (Å²) in [5, 5.41) is 12.0. The van der Waals surface area contributed by atoms with Crippen LogP contribution in [0.1, 0.15) is 22.9 Å². The van der Waals surface area contributed by atoms with Crippen molar-refractivity contribution in [1.82, 2.24) is 20.2 Å². The Labute approximate surface area is 106 Å². The molecule has 0 radical (unpaired) electrons. The maximum Gasteiger partial charge on any atom is 0.175 e. The summed E-state index contributed by atoms with van der Waals surface area (Å²) in [5.74, 6) is 1.53. The van der Waals surface area contributed by atoms with E-state index in [9.17, 15) is 0 Å². The van der Waals surface area contributed by atoms with E-state index in [4.69, 9.17) is 11.6 Å². The van der Waals surface area contributed by atoms with Crippen LogP contribution in [0.4, 0.5) is 0 Å². The number of nitrogens with zero attached hydrogens (tertiary/aromatic N) is 4. The van der Waals surface area contributed by atoms with Gasteiger partial charge < -0.3 is 0 Å². The van der Waals surface area contributed by atoms with Crippen LogP contribution in [-0.4, -0.2) is 26.1 Å². The van der Waals surface area contributed by atoms with Crippen molar-refractivity contribution in [3.63, 3.8) is 0 Å². The average Bonchev–Trinajstić information content (AvgIpc) is 2.73. The maximum atomic E-state index is 6.02. The maximum absolute atomic E-state index is 6.02. The minimum atomic E-state index is 0.237. The van der Waals surface area contributed by atoms with E-state index < -0.39 is 0 Å². The summed E-state index contributed by atoms with van der Waals surface area (Å²) in [4.78, 5) is 1.47. The molecule has 0 saturated heterocycles. The third-order valence-corrected chi connectivity index (χ3v) is 3.09. The zero-order chi connectivity index (χ0) is 12.3. The Morgan fingerprint density at radius 2 is 2.00 bits per heavy atom. The lowest BCUT2D eigenvalue weighted by molar-refractivity contribution is 0.624. The summed E-state index contributed by atoms with van der Waals surface area (Å²) in [5.41, 5.74) is 2.47. The van der Waals surface area contributed by atoms with Crippen LogP contribution in [0.2, 0.25) is 0 Å². The highest BCUT2D eigenvalue weighted by Gasteiger charge is 2.14. The first-order valence-corrected chi connectivity index (χ1v) is 6.08. The smallest absolute Gasteiger partial charge is 0.167 e. The van der Waals surface area contributed by atoms with Gasteiger partial charge in [0.25, 0.3) is 0 Å². The zero-order valence-corrected chi connectivity index (χ0v) is 10.7. The van der Waals surface area contributed by atoms with Gasteiger partial charge in [0, 0.05) is 18.2 Å². The van der Waals surface area contributed by atoms with E-state index in [2.05, 4.69) is 46.6 Å². The van der Waals surface area contributed by atoms with Gasteiger partial charge in [0.05, 0.1) is 7.05 Å². The van der Waals surface area contributed by atoms with Gasteiger partial charge in [-0.25, -0.2) is 0 Å². The fourth-order valence-electron chi connectivity index (χ4n) is 1.73. The van der Waals surface area contributed by atoms with E-state index >= 15 is 0 Å². The Hall–Kier alpha value is -1.42. The molecule has 2 aromatic rings. The SMILES string of the molecule is Cc1ccc(C(CCl)Cc2nnn(C)n2)cc1. The molecule has 0 aliphatic carbocycles. The molecule has 0 N–H and O–H groups in total. The summed E-state index contributed by atoms with van der Waals surface area (Å²) in [6, 6.07) is 8.41. The number of aryl methyl sites for hydroxylation is 2. The molecule has 0 spiro atoms. The second-order valence-corrected chi connectivity index (χ2v) is 4.47. The number of tetrazole rings is 1. The molecule has 0 aliphatic rings. The Kier molecular flexibility index (Phi) is 3.74. The number of hydrogen-bond acceptors (Lipinski definition) is 3. The monoisotopic (exact) mass is 250 g/mol. The van der Waals surface area contributed by atoms with Gasteiger partial charge in [-0.2, -0.15) is 4.80 Å². The molecule has 0 amide bonds. The van der Waals surface area contributed by atoms with Gasteiger partial charge in [-0.15, -0.1) is 21.8 Å². The summed E-state index contributed by atoms with van der Waals surface area (Å²) in [6.45, 7) is 2.07. The number of aromatic nitrogens is 4. The normalized spacial score (nSPS) is 12.6. The first kappa shape index (κ1) is 12.0. The van der Waals surface area contributed by atoms with Gasteiger partial charge in [0.15, 0.2) is 5.82 Å². The van der Waals surface area contributed by atoms with E-state index in [-0.39, 0.29) is 5.92 Å². The van der Waals surface area contributed by atoms with E-state index in [1.54, 1.807) is 7.05 Å². The topological polar surface area (TPSA) is 43.6 Å². The Morgan fingerprint density at radius 3 is 2.53 bits per heavy atom. The molecule has 5 heteroatoms. The van der Waals surface area contributed by atoms with Gasteiger partial charge in [-0.3, -0.25) is 0 Å². The number of alkyl halides is 1. The highest BCUT2D eigenvalue weighted by Crippen LogP contribution is 2.21. The summed E-state index contributed by atoms with van der Waals surface area (Å²) >= 11 is 6.02. The van der Waals surface area contributed by atoms with Gasteiger partial charge in [0.2, 0.25) is 0 Å². The first-order chi connectivity index (χ1) is 8.19. The number of halogens is 1. The molecule has 1 unspecified atom stereocenters. The van der Waals surface area contributed by atoms with E-state index in [0.29, 0.717) is 5.88 Å². The predicted molar refractivity (Wildman–Crippen MR) is 67.1 cm³/mol. The number of benzene rings is 1. The molecule has 1 heterocycles. The van der Waals surface area contributed by atoms with Crippen molar-refractivity contribution in [3.8, 4) is 0 Å². The standard InChI is InChI=1S/C12H15ClN4/c1-9-3-5-10(6-4-9)11(8-13)7-12-14-16-17(2)15-12/h3-6,11H,7-8H2,1-2H3. The first-order valence-electron chi connectivity index (χ1n) is 5.54. The van der Waals surface area contributed by atoms with Crippen LogP contribution in [0.25, 0.3) is 0 Å². The minimum Gasteiger partial charge on any atom is -0.167 e. The third kappa shape index (κ3) is 3.03. The lowest BCUT2D eigenvalue weighted by Gasteiger charge is -2.12. The molecular weight excluding hydrogens is 236 g/mol.